The predicted molar refractivity (Wildman–Crippen MR) is 77.8 cm³/mol. The maximum Gasteiger partial charge on any atom is 0.126 e. The molecule has 0 spiro atoms. The molecule has 1 unspecified atom stereocenters. The molecular formula is C15H25N3O. The van der Waals surface area contributed by atoms with Crippen LogP contribution >= 0.6 is 0 Å². The molecule has 19 heavy (non-hydrogen) atoms. The number of anilines is 1. The van der Waals surface area contributed by atoms with Gasteiger partial charge in [-0.05, 0) is 37.8 Å². The number of nitrogens with zero attached hydrogens (tertiary/aromatic N) is 1. The molecule has 0 aromatic carbocycles. The highest BCUT2D eigenvalue weighted by molar-refractivity contribution is 5.39. The van der Waals surface area contributed by atoms with E-state index in [9.17, 15) is 0 Å². The summed E-state index contributed by atoms with van der Waals surface area (Å²) in [7, 11) is 0. The Morgan fingerprint density at radius 3 is 2.74 bits per heavy atom. The number of ether oxygens (including phenoxy) is 1. The number of pyridine rings is 1. The van der Waals surface area contributed by atoms with Crippen molar-refractivity contribution >= 4 is 5.82 Å². The summed E-state index contributed by atoms with van der Waals surface area (Å²) in [5.74, 6) is 0.584. The van der Waals surface area contributed by atoms with E-state index >= 15 is 0 Å². The van der Waals surface area contributed by atoms with Gasteiger partial charge in [0.15, 0.2) is 0 Å². The summed E-state index contributed by atoms with van der Waals surface area (Å²) in [6.07, 6.45) is 8.26. The highest BCUT2D eigenvalue weighted by Gasteiger charge is 2.38. The number of hydrogen-bond donors (Lipinski definition) is 2. The minimum absolute atomic E-state index is 0.0146. The Hall–Kier alpha value is -1.13. The first-order valence-electron chi connectivity index (χ1n) is 7.27. The largest absolute Gasteiger partial charge is 0.383 e. The first-order chi connectivity index (χ1) is 9.18. The van der Waals surface area contributed by atoms with Gasteiger partial charge in [0.2, 0.25) is 0 Å². The Morgan fingerprint density at radius 2 is 2.11 bits per heavy atom. The molecule has 1 saturated carbocycles. The van der Waals surface area contributed by atoms with Crippen molar-refractivity contribution in [2.24, 2.45) is 5.73 Å². The first-order valence-corrected chi connectivity index (χ1v) is 7.27. The number of nitrogens with two attached hydrogens (primary N) is 2. The third-order valence-corrected chi connectivity index (χ3v) is 4.17. The van der Waals surface area contributed by atoms with Crippen LogP contribution in [0.15, 0.2) is 18.3 Å². The molecular weight excluding hydrogens is 238 g/mol. The smallest absolute Gasteiger partial charge is 0.126 e. The van der Waals surface area contributed by atoms with E-state index in [4.69, 9.17) is 16.2 Å². The second-order valence-corrected chi connectivity index (χ2v) is 5.42. The Bertz CT molecular complexity index is 397. The molecule has 2 rings (SSSR count). The van der Waals surface area contributed by atoms with Crippen molar-refractivity contribution in [2.45, 2.75) is 57.1 Å². The Labute approximate surface area is 115 Å². The molecule has 0 bridgehead atoms. The summed E-state index contributed by atoms with van der Waals surface area (Å²) < 4.78 is 6.06. The third-order valence-electron chi connectivity index (χ3n) is 4.17. The van der Waals surface area contributed by atoms with Gasteiger partial charge in [0.25, 0.3) is 0 Å². The van der Waals surface area contributed by atoms with Gasteiger partial charge in [-0.3, -0.25) is 0 Å². The molecule has 0 saturated heterocycles. The average Bonchev–Trinajstić information content (AvgIpc) is 2.42. The maximum atomic E-state index is 6.46. The molecule has 1 aromatic heterocycles. The van der Waals surface area contributed by atoms with Crippen LogP contribution in [0.25, 0.3) is 0 Å². The number of rotatable bonds is 5. The molecule has 0 aliphatic heterocycles. The summed E-state index contributed by atoms with van der Waals surface area (Å²) in [6, 6.07) is 3.90. The lowest BCUT2D eigenvalue weighted by molar-refractivity contribution is -0.0817. The number of nitrogen functional groups attached to an aromatic ring is 1. The van der Waals surface area contributed by atoms with Crippen molar-refractivity contribution < 1.29 is 4.74 Å². The van der Waals surface area contributed by atoms with Crippen molar-refractivity contribution in [2.75, 3.05) is 12.3 Å². The standard InChI is InChI=1S/C15H25N3O/c1-2-19-15(8-4-3-5-9-15)13(16)11-12-7-6-10-18-14(12)17/h6-7,10,13H,2-5,8-9,11,16H2,1H3,(H2,17,18). The van der Waals surface area contributed by atoms with Gasteiger partial charge in [-0.15, -0.1) is 0 Å². The molecule has 106 valence electrons. The van der Waals surface area contributed by atoms with Crippen LogP contribution in [0.4, 0.5) is 5.82 Å². The number of hydrogen-bond acceptors (Lipinski definition) is 4. The second-order valence-electron chi connectivity index (χ2n) is 5.42. The molecule has 4 heteroatoms. The van der Waals surface area contributed by atoms with Crippen LogP contribution < -0.4 is 11.5 Å². The molecule has 1 aromatic rings. The fourth-order valence-corrected chi connectivity index (χ4v) is 3.11. The fraction of sp³-hybridized carbons (Fsp3) is 0.667. The monoisotopic (exact) mass is 263 g/mol. The van der Waals surface area contributed by atoms with E-state index in [-0.39, 0.29) is 11.6 Å². The van der Waals surface area contributed by atoms with Gasteiger partial charge in [-0.1, -0.05) is 25.3 Å². The molecule has 4 nitrogen and oxygen atoms in total. The molecule has 1 aliphatic rings. The van der Waals surface area contributed by atoms with Gasteiger partial charge >= 0.3 is 0 Å². The van der Waals surface area contributed by atoms with Crippen LogP contribution in [0.2, 0.25) is 0 Å². The maximum absolute atomic E-state index is 6.46. The molecule has 1 heterocycles. The zero-order valence-electron chi connectivity index (χ0n) is 11.8. The van der Waals surface area contributed by atoms with E-state index in [1.807, 2.05) is 19.1 Å². The SMILES string of the molecule is CCOC1(C(N)Cc2cccnc2N)CCCCC1. The summed E-state index contributed by atoms with van der Waals surface area (Å²) in [6.45, 7) is 2.76. The van der Waals surface area contributed by atoms with Crippen LogP contribution in [0.5, 0.6) is 0 Å². The van der Waals surface area contributed by atoms with E-state index in [0.717, 1.165) is 31.4 Å². The number of aromatic nitrogens is 1. The highest BCUT2D eigenvalue weighted by atomic mass is 16.5. The van der Waals surface area contributed by atoms with Gasteiger partial charge in [0.05, 0.1) is 5.60 Å². The van der Waals surface area contributed by atoms with Gasteiger partial charge in [0, 0.05) is 18.8 Å². The lowest BCUT2D eigenvalue weighted by Gasteiger charge is -2.41. The lowest BCUT2D eigenvalue weighted by atomic mass is 9.77. The van der Waals surface area contributed by atoms with Crippen LogP contribution in [0.1, 0.15) is 44.6 Å². The van der Waals surface area contributed by atoms with Crippen molar-refractivity contribution in [3.8, 4) is 0 Å². The van der Waals surface area contributed by atoms with Crippen LogP contribution in [-0.2, 0) is 11.2 Å². The lowest BCUT2D eigenvalue weighted by Crippen LogP contribution is -2.52. The summed E-state index contributed by atoms with van der Waals surface area (Å²) >= 11 is 0. The Balaban J connectivity index is 2.11. The minimum atomic E-state index is -0.171. The van der Waals surface area contributed by atoms with Crippen molar-refractivity contribution in [1.29, 1.82) is 0 Å². The molecule has 0 amide bonds. The van der Waals surface area contributed by atoms with Gasteiger partial charge < -0.3 is 16.2 Å². The predicted octanol–water partition coefficient (Wildman–Crippen LogP) is 2.27. The molecule has 1 fully saturated rings. The molecule has 4 N–H and O–H groups in total. The fourth-order valence-electron chi connectivity index (χ4n) is 3.11. The van der Waals surface area contributed by atoms with E-state index in [0.29, 0.717) is 5.82 Å². The van der Waals surface area contributed by atoms with E-state index < -0.39 is 0 Å². The minimum Gasteiger partial charge on any atom is -0.383 e. The molecule has 1 atom stereocenters. The van der Waals surface area contributed by atoms with Gasteiger partial charge in [-0.2, -0.15) is 0 Å². The first kappa shape index (κ1) is 14.3. The van der Waals surface area contributed by atoms with Crippen LogP contribution in [0.3, 0.4) is 0 Å². The highest BCUT2D eigenvalue weighted by Crippen LogP contribution is 2.35. The molecule has 0 radical (unpaired) electrons. The summed E-state index contributed by atoms with van der Waals surface area (Å²) in [4.78, 5) is 4.13. The van der Waals surface area contributed by atoms with Gasteiger partial charge in [-0.25, -0.2) is 4.98 Å². The normalized spacial score (nSPS) is 20.1. The Kier molecular flexibility index (Phi) is 4.77. The van der Waals surface area contributed by atoms with Crippen molar-refractivity contribution in [3.63, 3.8) is 0 Å². The van der Waals surface area contributed by atoms with E-state index in [1.165, 1.54) is 19.3 Å². The van der Waals surface area contributed by atoms with Crippen molar-refractivity contribution in [1.82, 2.24) is 4.98 Å². The zero-order chi connectivity index (χ0) is 13.7. The molecule has 1 aliphatic carbocycles. The zero-order valence-corrected chi connectivity index (χ0v) is 11.8. The summed E-state index contributed by atoms with van der Waals surface area (Å²) in [5, 5.41) is 0. The van der Waals surface area contributed by atoms with E-state index in [2.05, 4.69) is 4.98 Å². The quantitative estimate of drug-likeness (QED) is 0.854. The topological polar surface area (TPSA) is 74.2 Å². The van der Waals surface area contributed by atoms with Crippen molar-refractivity contribution in [3.05, 3.63) is 23.9 Å². The average molecular weight is 263 g/mol. The van der Waals surface area contributed by atoms with Crippen LogP contribution in [0, 0.1) is 0 Å². The third kappa shape index (κ3) is 3.25. The summed E-state index contributed by atoms with van der Waals surface area (Å²) in [5.41, 5.74) is 13.2. The second kappa shape index (κ2) is 6.35. The van der Waals surface area contributed by atoms with E-state index in [1.54, 1.807) is 6.20 Å². The Morgan fingerprint density at radius 1 is 1.37 bits per heavy atom. The van der Waals surface area contributed by atoms with Gasteiger partial charge in [0.1, 0.15) is 5.82 Å². The van der Waals surface area contributed by atoms with Crippen LogP contribution in [-0.4, -0.2) is 23.2 Å².